The second-order valence-corrected chi connectivity index (χ2v) is 7.27. The predicted molar refractivity (Wildman–Crippen MR) is 111 cm³/mol. The van der Waals surface area contributed by atoms with Gasteiger partial charge < -0.3 is 15.1 Å². The Morgan fingerprint density at radius 1 is 1.10 bits per heavy atom. The number of likely N-dealkylation sites (tertiary alicyclic amines) is 1. The van der Waals surface area contributed by atoms with E-state index in [-0.39, 0.29) is 23.4 Å². The molecule has 1 saturated heterocycles. The van der Waals surface area contributed by atoms with Crippen molar-refractivity contribution >= 4 is 28.9 Å². The van der Waals surface area contributed by atoms with Crippen LogP contribution in [0.1, 0.15) is 23.2 Å². The fraction of sp³-hybridized carbons (Fsp3) is 0.333. The Kier molecular flexibility index (Phi) is 6.11. The van der Waals surface area contributed by atoms with Gasteiger partial charge in [0.1, 0.15) is 0 Å². The summed E-state index contributed by atoms with van der Waals surface area (Å²) in [5.74, 6) is -0.468. The molecule has 2 amide bonds. The zero-order chi connectivity index (χ0) is 21.0. The number of benzene rings is 2. The van der Waals surface area contributed by atoms with Crippen molar-refractivity contribution in [2.24, 2.45) is 5.92 Å². The van der Waals surface area contributed by atoms with Gasteiger partial charge in [0, 0.05) is 56.6 Å². The number of nitrogens with zero attached hydrogens (tertiary/aromatic N) is 3. The monoisotopic (exact) mass is 396 g/mol. The minimum atomic E-state index is -0.504. The number of hydrogen-bond acceptors (Lipinski definition) is 5. The van der Waals surface area contributed by atoms with Crippen LogP contribution in [0.2, 0.25) is 0 Å². The van der Waals surface area contributed by atoms with Crippen LogP contribution >= 0.6 is 0 Å². The molecule has 1 heterocycles. The van der Waals surface area contributed by atoms with Gasteiger partial charge in [-0.3, -0.25) is 19.7 Å². The fourth-order valence-corrected chi connectivity index (χ4v) is 3.48. The van der Waals surface area contributed by atoms with Crippen molar-refractivity contribution < 1.29 is 14.5 Å². The first-order valence-electron chi connectivity index (χ1n) is 9.47. The molecule has 0 unspecified atom stereocenters. The molecule has 8 nitrogen and oxygen atoms in total. The summed E-state index contributed by atoms with van der Waals surface area (Å²) in [4.78, 5) is 39.6. The standard InChI is InChI=1S/C21H24N4O4/c1-23(2)19-9-8-17(25(28)29)14-18(19)21(27)24-12-10-15(11-13-24)20(26)22-16-6-4-3-5-7-16/h3-9,14-15H,10-13H2,1-2H3,(H,22,26). The molecular formula is C21H24N4O4. The average Bonchev–Trinajstić information content (AvgIpc) is 2.73. The Morgan fingerprint density at radius 2 is 1.76 bits per heavy atom. The number of anilines is 2. The summed E-state index contributed by atoms with van der Waals surface area (Å²) < 4.78 is 0. The number of nitro benzene ring substituents is 1. The summed E-state index contributed by atoms with van der Waals surface area (Å²) >= 11 is 0. The summed E-state index contributed by atoms with van der Waals surface area (Å²) in [5.41, 5.74) is 1.57. The number of nitro groups is 1. The zero-order valence-electron chi connectivity index (χ0n) is 16.5. The minimum absolute atomic E-state index is 0.0485. The molecule has 2 aromatic rings. The van der Waals surface area contributed by atoms with E-state index in [1.807, 2.05) is 30.3 Å². The van der Waals surface area contributed by atoms with Gasteiger partial charge in [-0.2, -0.15) is 0 Å². The number of amides is 2. The van der Waals surface area contributed by atoms with Crippen LogP contribution in [0.4, 0.5) is 17.1 Å². The molecule has 1 fully saturated rings. The predicted octanol–water partition coefficient (Wildman–Crippen LogP) is 3.15. The fourth-order valence-electron chi connectivity index (χ4n) is 3.48. The van der Waals surface area contributed by atoms with E-state index < -0.39 is 4.92 Å². The quantitative estimate of drug-likeness (QED) is 0.619. The summed E-state index contributed by atoms with van der Waals surface area (Å²) in [6.07, 6.45) is 1.10. The Hall–Kier alpha value is -3.42. The Bertz CT molecular complexity index is 906. The third-order valence-electron chi connectivity index (χ3n) is 5.10. The van der Waals surface area contributed by atoms with Crippen molar-refractivity contribution in [1.82, 2.24) is 4.90 Å². The molecule has 0 aromatic heterocycles. The van der Waals surface area contributed by atoms with E-state index in [2.05, 4.69) is 5.32 Å². The van der Waals surface area contributed by atoms with E-state index in [9.17, 15) is 19.7 Å². The number of piperidine rings is 1. The number of para-hydroxylation sites is 1. The van der Waals surface area contributed by atoms with Gasteiger partial charge in [0.15, 0.2) is 0 Å². The van der Waals surface area contributed by atoms with Crippen molar-refractivity contribution in [2.75, 3.05) is 37.4 Å². The Labute approximate surface area is 169 Å². The largest absolute Gasteiger partial charge is 0.377 e. The van der Waals surface area contributed by atoms with Gasteiger partial charge in [-0.05, 0) is 31.0 Å². The van der Waals surface area contributed by atoms with E-state index in [1.54, 1.807) is 30.0 Å². The number of rotatable bonds is 5. The third kappa shape index (κ3) is 4.71. The van der Waals surface area contributed by atoms with Crippen LogP contribution in [0, 0.1) is 16.0 Å². The molecule has 0 aliphatic carbocycles. The summed E-state index contributed by atoms with van der Waals surface area (Å²) in [6.45, 7) is 0.864. The number of non-ortho nitro benzene ring substituents is 1. The van der Waals surface area contributed by atoms with Crippen LogP contribution in [0.5, 0.6) is 0 Å². The molecule has 0 bridgehead atoms. The molecular weight excluding hydrogens is 372 g/mol. The van der Waals surface area contributed by atoms with Gasteiger partial charge in [0.05, 0.1) is 10.5 Å². The van der Waals surface area contributed by atoms with E-state index in [1.165, 1.54) is 12.1 Å². The molecule has 0 atom stereocenters. The highest BCUT2D eigenvalue weighted by Crippen LogP contribution is 2.28. The molecule has 1 N–H and O–H groups in total. The lowest BCUT2D eigenvalue weighted by Crippen LogP contribution is -2.41. The number of hydrogen-bond donors (Lipinski definition) is 1. The smallest absolute Gasteiger partial charge is 0.270 e. The molecule has 29 heavy (non-hydrogen) atoms. The lowest BCUT2D eigenvalue weighted by Gasteiger charge is -2.32. The third-order valence-corrected chi connectivity index (χ3v) is 5.10. The van der Waals surface area contributed by atoms with Crippen molar-refractivity contribution in [3.05, 3.63) is 64.2 Å². The number of carbonyl (C=O) groups is 2. The first-order chi connectivity index (χ1) is 13.9. The van der Waals surface area contributed by atoms with Crippen molar-refractivity contribution in [3.8, 4) is 0 Å². The molecule has 152 valence electrons. The average molecular weight is 396 g/mol. The van der Waals surface area contributed by atoms with Crippen LogP contribution in [0.25, 0.3) is 0 Å². The minimum Gasteiger partial charge on any atom is -0.377 e. The highest BCUT2D eigenvalue weighted by atomic mass is 16.6. The molecule has 1 aliphatic rings. The van der Waals surface area contributed by atoms with Gasteiger partial charge in [0.2, 0.25) is 5.91 Å². The molecule has 8 heteroatoms. The van der Waals surface area contributed by atoms with E-state index in [4.69, 9.17) is 0 Å². The molecule has 1 aliphatic heterocycles. The van der Waals surface area contributed by atoms with Gasteiger partial charge in [0.25, 0.3) is 11.6 Å². The van der Waals surface area contributed by atoms with E-state index in [0.29, 0.717) is 37.2 Å². The van der Waals surface area contributed by atoms with Crippen LogP contribution in [0.3, 0.4) is 0 Å². The normalized spacial score (nSPS) is 14.3. The molecule has 2 aromatic carbocycles. The lowest BCUT2D eigenvalue weighted by atomic mass is 9.95. The molecule has 0 spiro atoms. The first kappa shape index (κ1) is 20.3. The van der Waals surface area contributed by atoms with Crippen molar-refractivity contribution in [2.45, 2.75) is 12.8 Å². The van der Waals surface area contributed by atoms with Crippen LogP contribution < -0.4 is 10.2 Å². The second kappa shape index (κ2) is 8.72. The van der Waals surface area contributed by atoms with Crippen molar-refractivity contribution in [3.63, 3.8) is 0 Å². The highest BCUT2D eigenvalue weighted by Gasteiger charge is 2.29. The summed E-state index contributed by atoms with van der Waals surface area (Å²) in [6, 6.07) is 13.6. The SMILES string of the molecule is CN(C)c1ccc([N+](=O)[O-])cc1C(=O)N1CCC(C(=O)Nc2ccccc2)CC1. The van der Waals surface area contributed by atoms with E-state index >= 15 is 0 Å². The Balaban J connectivity index is 1.68. The summed E-state index contributed by atoms with van der Waals surface area (Å²) in [7, 11) is 3.58. The highest BCUT2D eigenvalue weighted by molar-refractivity contribution is 6.00. The molecule has 0 saturated carbocycles. The van der Waals surface area contributed by atoms with Crippen molar-refractivity contribution in [1.29, 1.82) is 0 Å². The lowest BCUT2D eigenvalue weighted by molar-refractivity contribution is -0.384. The topological polar surface area (TPSA) is 95.8 Å². The van der Waals surface area contributed by atoms with Crippen LogP contribution in [-0.2, 0) is 4.79 Å². The zero-order valence-corrected chi connectivity index (χ0v) is 16.5. The Morgan fingerprint density at radius 3 is 2.34 bits per heavy atom. The maximum atomic E-state index is 13.0. The second-order valence-electron chi connectivity index (χ2n) is 7.27. The maximum Gasteiger partial charge on any atom is 0.270 e. The molecule has 0 radical (unpaired) electrons. The molecule has 3 rings (SSSR count). The maximum absolute atomic E-state index is 13.0. The first-order valence-corrected chi connectivity index (χ1v) is 9.47. The number of nitrogens with one attached hydrogen (secondary N) is 1. The number of carbonyl (C=O) groups excluding carboxylic acids is 2. The summed E-state index contributed by atoms with van der Waals surface area (Å²) in [5, 5.41) is 14.0. The van der Waals surface area contributed by atoms with Crippen LogP contribution in [-0.4, -0.2) is 48.8 Å². The van der Waals surface area contributed by atoms with Gasteiger partial charge >= 0.3 is 0 Å². The van der Waals surface area contributed by atoms with Gasteiger partial charge in [-0.1, -0.05) is 18.2 Å². The van der Waals surface area contributed by atoms with Crippen LogP contribution in [0.15, 0.2) is 48.5 Å². The van der Waals surface area contributed by atoms with Gasteiger partial charge in [-0.25, -0.2) is 0 Å². The van der Waals surface area contributed by atoms with Gasteiger partial charge in [-0.15, -0.1) is 0 Å². The van der Waals surface area contributed by atoms with E-state index in [0.717, 1.165) is 5.69 Å².